The number of carbonyl (C=O) groups is 1. The molecule has 130 valence electrons. The molecule has 0 amide bonds. The maximum absolute atomic E-state index is 11.5. The molecule has 4 unspecified atom stereocenters. The monoisotopic (exact) mass is 323 g/mol. The number of aliphatic hydroxyl groups is 1. The van der Waals surface area contributed by atoms with Gasteiger partial charge in [0.2, 0.25) is 0 Å². The SMILES string of the molecule is CC.COCC1C(C(C)O)ON(Cc2ccc(C)cc2)C1C=O. The molecule has 2 rings (SSSR count). The van der Waals surface area contributed by atoms with Gasteiger partial charge in [0.25, 0.3) is 0 Å². The van der Waals surface area contributed by atoms with E-state index in [1.165, 1.54) is 5.56 Å². The molecule has 1 aromatic carbocycles. The lowest BCUT2D eigenvalue weighted by Gasteiger charge is -2.20. The zero-order valence-corrected chi connectivity index (χ0v) is 14.7. The molecule has 23 heavy (non-hydrogen) atoms. The fourth-order valence-electron chi connectivity index (χ4n) is 2.73. The van der Waals surface area contributed by atoms with Crippen LogP contribution in [0.15, 0.2) is 24.3 Å². The van der Waals surface area contributed by atoms with E-state index in [0.29, 0.717) is 13.2 Å². The van der Waals surface area contributed by atoms with E-state index in [4.69, 9.17) is 9.57 Å². The van der Waals surface area contributed by atoms with Crippen LogP contribution in [0.2, 0.25) is 0 Å². The minimum atomic E-state index is -0.657. The lowest BCUT2D eigenvalue weighted by Crippen LogP contribution is -2.37. The normalized spacial score (nSPS) is 25.6. The quantitative estimate of drug-likeness (QED) is 0.814. The van der Waals surface area contributed by atoms with Gasteiger partial charge in [0, 0.05) is 19.6 Å². The highest BCUT2D eigenvalue weighted by atomic mass is 16.7. The van der Waals surface area contributed by atoms with Crippen molar-refractivity contribution < 1.29 is 19.5 Å². The van der Waals surface area contributed by atoms with Gasteiger partial charge < -0.3 is 14.6 Å². The molecule has 4 atom stereocenters. The van der Waals surface area contributed by atoms with Crippen molar-refractivity contribution in [3.05, 3.63) is 35.4 Å². The summed E-state index contributed by atoms with van der Waals surface area (Å²) in [5.74, 6) is -0.169. The van der Waals surface area contributed by atoms with Gasteiger partial charge >= 0.3 is 0 Å². The number of nitrogens with zero attached hydrogens (tertiary/aromatic N) is 1. The maximum atomic E-state index is 11.5. The molecule has 0 spiro atoms. The molecule has 0 bridgehead atoms. The molecule has 1 aliphatic rings. The minimum absolute atomic E-state index is 0.169. The van der Waals surface area contributed by atoms with Crippen LogP contribution in [0.1, 0.15) is 31.9 Å². The Morgan fingerprint density at radius 2 is 1.96 bits per heavy atom. The average Bonchev–Trinajstić information content (AvgIpc) is 2.89. The lowest BCUT2D eigenvalue weighted by molar-refractivity contribution is -0.189. The van der Waals surface area contributed by atoms with Gasteiger partial charge in [-0.25, -0.2) is 0 Å². The van der Waals surface area contributed by atoms with Gasteiger partial charge in [-0.2, -0.15) is 5.06 Å². The number of aryl methyl sites for hydroxylation is 1. The Labute approximate surface area is 139 Å². The number of benzene rings is 1. The van der Waals surface area contributed by atoms with Crippen molar-refractivity contribution in [3.8, 4) is 0 Å². The largest absolute Gasteiger partial charge is 0.391 e. The number of aliphatic hydroxyl groups excluding tert-OH is 1. The molecule has 1 fully saturated rings. The summed E-state index contributed by atoms with van der Waals surface area (Å²) in [6.45, 7) is 8.59. The summed E-state index contributed by atoms with van der Waals surface area (Å²) in [6.07, 6.45) is -0.207. The molecule has 1 aliphatic heterocycles. The van der Waals surface area contributed by atoms with Gasteiger partial charge in [-0.1, -0.05) is 43.7 Å². The van der Waals surface area contributed by atoms with E-state index in [-0.39, 0.29) is 5.92 Å². The van der Waals surface area contributed by atoms with E-state index in [9.17, 15) is 9.90 Å². The van der Waals surface area contributed by atoms with Crippen LogP contribution < -0.4 is 0 Å². The molecule has 1 saturated heterocycles. The molecule has 0 aromatic heterocycles. The molecule has 0 radical (unpaired) electrons. The van der Waals surface area contributed by atoms with Crippen molar-refractivity contribution in [2.45, 2.75) is 52.5 Å². The second kappa shape index (κ2) is 9.78. The van der Waals surface area contributed by atoms with Gasteiger partial charge in [-0.15, -0.1) is 0 Å². The highest BCUT2D eigenvalue weighted by Crippen LogP contribution is 2.30. The van der Waals surface area contributed by atoms with E-state index in [2.05, 4.69) is 0 Å². The first-order chi connectivity index (χ1) is 11.1. The second-order valence-electron chi connectivity index (χ2n) is 5.62. The summed E-state index contributed by atoms with van der Waals surface area (Å²) in [5.41, 5.74) is 2.25. The third-order valence-corrected chi connectivity index (χ3v) is 3.88. The smallest absolute Gasteiger partial charge is 0.140 e. The molecule has 5 heteroatoms. The predicted octanol–water partition coefficient (Wildman–Crippen LogP) is 2.35. The fourth-order valence-corrected chi connectivity index (χ4v) is 2.73. The Hall–Kier alpha value is -1.27. The topological polar surface area (TPSA) is 59.0 Å². The van der Waals surface area contributed by atoms with Crippen LogP contribution >= 0.6 is 0 Å². The number of ether oxygens (including phenoxy) is 1. The number of hydroxylamine groups is 2. The minimum Gasteiger partial charge on any atom is -0.391 e. The van der Waals surface area contributed by atoms with Gasteiger partial charge in [-0.3, -0.25) is 4.84 Å². The molecule has 0 saturated carbocycles. The van der Waals surface area contributed by atoms with Crippen molar-refractivity contribution in [1.82, 2.24) is 5.06 Å². The summed E-state index contributed by atoms with van der Waals surface area (Å²) < 4.78 is 5.18. The zero-order chi connectivity index (χ0) is 17.4. The van der Waals surface area contributed by atoms with E-state index in [1.54, 1.807) is 19.1 Å². The predicted molar refractivity (Wildman–Crippen MR) is 89.8 cm³/mol. The second-order valence-corrected chi connectivity index (χ2v) is 5.62. The van der Waals surface area contributed by atoms with Crippen LogP contribution in [0.25, 0.3) is 0 Å². The molecule has 0 aliphatic carbocycles. The summed E-state index contributed by atoms with van der Waals surface area (Å²) in [5, 5.41) is 11.5. The number of aldehydes is 1. The van der Waals surface area contributed by atoms with Gasteiger partial charge in [0.15, 0.2) is 0 Å². The van der Waals surface area contributed by atoms with E-state index in [0.717, 1.165) is 11.8 Å². The Bertz CT molecular complexity index is 461. The summed E-state index contributed by atoms with van der Waals surface area (Å²) in [7, 11) is 1.59. The van der Waals surface area contributed by atoms with E-state index >= 15 is 0 Å². The van der Waals surface area contributed by atoms with Crippen LogP contribution in [0, 0.1) is 12.8 Å². The van der Waals surface area contributed by atoms with Gasteiger partial charge in [0.1, 0.15) is 12.4 Å². The molecule has 5 nitrogen and oxygen atoms in total. The van der Waals surface area contributed by atoms with Crippen molar-refractivity contribution >= 4 is 6.29 Å². The van der Waals surface area contributed by atoms with Crippen LogP contribution in [-0.2, 0) is 20.9 Å². The molecular weight excluding hydrogens is 294 g/mol. The Morgan fingerprint density at radius 1 is 1.35 bits per heavy atom. The van der Waals surface area contributed by atoms with Crippen molar-refractivity contribution in [3.63, 3.8) is 0 Å². The van der Waals surface area contributed by atoms with Crippen LogP contribution in [0.3, 0.4) is 0 Å². The van der Waals surface area contributed by atoms with Gasteiger partial charge in [-0.05, 0) is 19.4 Å². The average molecular weight is 323 g/mol. The van der Waals surface area contributed by atoms with Crippen molar-refractivity contribution in [2.75, 3.05) is 13.7 Å². The number of hydrogen-bond donors (Lipinski definition) is 1. The molecule has 1 aromatic rings. The fraction of sp³-hybridized carbons (Fsp3) is 0.611. The first kappa shape index (κ1) is 19.8. The van der Waals surface area contributed by atoms with Crippen LogP contribution in [0.5, 0.6) is 0 Å². The number of methoxy groups -OCH3 is 1. The Kier molecular flexibility index (Phi) is 8.41. The van der Waals surface area contributed by atoms with E-state index < -0.39 is 18.2 Å². The third-order valence-electron chi connectivity index (χ3n) is 3.88. The Morgan fingerprint density at radius 3 is 2.43 bits per heavy atom. The van der Waals surface area contributed by atoms with Crippen molar-refractivity contribution in [2.24, 2.45) is 5.92 Å². The zero-order valence-electron chi connectivity index (χ0n) is 14.7. The standard InChI is InChI=1S/C16H23NO4.C2H6/c1-11-4-6-13(7-5-11)8-17-15(9-18)14(10-20-3)16(21-17)12(2)19;1-2/h4-7,9,12,14-16,19H,8,10H2,1-3H3;1-2H3. The van der Waals surface area contributed by atoms with E-state index in [1.807, 2.05) is 45.0 Å². The molecule has 1 heterocycles. The van der Waals surface area contributed by atoms with Crippen molar-refractivity contribution in [1.29, 1.82) is 0 Å². The number of carbonyl (C=O) groups excluding carboxylic acids is 1. The Balaban J connectivity index is 0.00000127. The molecular formula is C18H29NO4. The number of rotatable bonds is 6. The summed E-state index contributed by atoms with van der Waals surface area (Å²) in [6, 6.07) is 7.68. The summed E-state index contributed by atoms with van der Waals surface area (Å²) >= 11 is 0. The molecule has 1 N–H and O–H groups in total. The maximum Gasteiger partial charge on any atom is 0.140 e. The number of hydrogen-bond acceptors (Lipinski definition) is 5. The third kappa shape index (κ3) is 5.11. The lowest BCUT2D eigenvalue weighted by atomic mass is 9.93. The summed E-state index contributed by atoms with van der Waals surface area (Å²) in [4.78, 5) is 17.3. The van der Waals surface area contributed by atoms with Crippen LogP contribution in [-0.4, -0.2) is 48.4 Å². The first-order valence-electron chi connectivity index (χ1n) is 8.18. The van der Waals surface area contributed by atoms with Crippen LogP contribution in [0.4, 0.5) is 0 Å². The highest BCUT2D eigenvalue weighted by molar-refractivity contribution is 5.58. The first-order valence-corrected chi connectivity index (χ1v) is 8.18. The van der Waals surface area contributed by atoms with Gasteiger partial charge in [0.05, 0.1) is 18.8 Å². The highest BCUT2D eigenvalue weighted by Gasteiger charge is 2.45.